The number of sulfonamides is 1. The van der Waals surface area contributed by atoms with Gasteiger partial charge in [0.05, 0.1) is 0 Å². The van der Waals surface area contributed by atoms with Crippen LogP contribution in [0.15, 0.2) is 59.5 Å². The van der Waals surface area contributed by atoms with E-state index in [1.165, 1.54) is 8.77 Å². The molecule has 7 heteroatoms. The fourth-order valence-electron chi connectivity index (χ4n) is 3.11. The Bertz CT molecular complexity index is 884. The summed E-state index contributed by atoms with van der Waals surface area (Å²) in [5, 5.41) is 0. The third kappa shape index (κ3) is 4.61. The van der Waals surface area contributed by atoms with Crippen LogP contribution in [0.3, 0.4) is 0 Å². The fraction of sp³-hybridized carbons (Fsp3) is 0.350. The average Bonchev–Trinajstić information content (AvgIpc) is 3.08. The topological polar surface area (TPSA) is 63.7 Å². The second-order valence-corrected chi connectivity index (χ2v) is 11.2. The van der Waals surface area contributed by atoms with Gasteiger partial charge in [-0.3, -0.25) is 0 Å². The Balaban J connectivity index is 1.87. The molecular formula is C20H23NO4SSe. The molecule has 0 bridgehead atoms. The molecule has 0 radical (unpaired) electrons. The van der Waals surface area contributed by atoms with Crippen LogP contribution in [0.2, 0.25) is 4.82 Å². The van der Waals surface area contributed by atoms with E-state index in [0.717, 1.165) is 5.56 Å². The van der Waals surface area contributed by atoms with E-state index in [-0.39, 0.29) is 31.3 Å². The molecule has 0 spiro atoms. The molecule has 0 aromatic heterocycles. The predicted molar refractivity (Wildman–Crippen MR) is 106 cm³/mol. The van der Waals surface area contributed by atoms with Gasteiger partial charge < -0.3 is 0 Å². The summed E-state index contributed by atoms with van der Waals surface area (Å²) in [7, 11) is -3.75. The molecule has 1 saturated heterocycles. The normalized spacial score (nSPS) is 20.5. The molecule has 2 aromatic carbocycles. The van der Waals surface area contributed by atoms with Gasteiger partial charge in [-0.2, -0.15) is 0 Å². The first-order valence-corrected chi connectivity index (χ1v) is 12.2. The Morgan fingerprint density at radius 3 is 2.44 bits per heavy atom. The van der Waals surface area contributed by atoms with Crippen molar-refractivity contribution in [1.82, 2.24) is 4.31 Å². The molecule has 1 aliphatic heterocycles. The third-order valence-electron chi connectivity index (χ3n) is 4.45. The second kappa shape index (κ2) is 8.57. The Morgan fingerprint density at radius 2 is 1.81 bits per heavy atom. The summed E-state index contributed by atoms with van der Waals surface area (Å²) in [5.74, 6) is -0.459. The van der Waals surface area contributed by atoms with Crippen LogP contribution in [0.5, 0.6) is 0 Å². The van der Waals surface area contributed by atoms with E-state index >= 15 is 0 Å². The molecule has 1 fully saturated rings. The van der Waals surface area contributed by atoms with Crippen LogP contribution in [0, 0.1) is 6.92 Å². The molecule has 2 unspecified atom stereocenters. The molecule has 5 nitrogen and oxygen atoms in total. The number of carbonyl (C=O) groups is 1. The molecule has 0 saturated carbocycles. The summed E-state index contributed by atoms with van der Waals surface area (Å²) in [6.45, 7) is 4.22. The van der Waals surface area contributed by atoms with Gasteiger partial charge in [-0.1, -0.05) is 0 Å². The SMILES string of the molecule is CCOC(=O)C1CC([Se]c2ccccc2)CN1S(=O)(=O)c1ccc(C)cc1. The van der Waals surface area contributed by atoms with Crippen molar-refractivity contribution in [2.24, 2.45) is 0 Å². The molecule has 27 heavy (non-hydrogen) atoms. The maximum atomic E-state index is 13.2. The molecule has 0 aliphatic carbocycles. The number of carbonyl (C=O) groups excluding carboxylic acids is 1. The summed E-state index contributed by atoms with van der Waals surface area (Å²) in [5.41, 5.74) is 0.989. The van der Waals surface area contributed by atoms with Crippen molar-refractivity contribution in [2.45, 2.75) is 36.0 Å². The number of hydrogen-bond donors (Lipinski definition) is 0. The summed E-state index contributed by atoms with van der Waals surface area (Å²) in [6, 6.07) is 16.0. The number of benzene rings is 2. The van der Waals surface area contributed by atoms with Crippen molar-refractivity contribution >= 4 is 35.4 Å². The summed E-state index contributed by atoms with van der Waals surface area (Å²) in [6.07, 6.45) is 0.499. The van der Waals surface area contributed by atoms with Crippen LogP contribution >= 0.6 is 0 Å². The van der Waals surface area contributed by atoms with E-state index in [9.17, 15) is 13.2 Å². The minimum atomic E-state index is -3.75. The van der Waals surface area contributed by atoms with Crippen molar-refractivity contribution in [2.75, 3.05) is 13.2 Å². The van der Waals surface area contributed by atoms with Crippen molar-refractivity contribution in [3.8, 4) is 0 Å². The number of esters is 1. The van der Waals surface area contributed by atoms with E-state index in [4.69, 9.17) is 4.74 Å². The first-order chi connectivity index (χ1) is 12.9. The van der Waals surface area contributed by atoms with Gasteiger partial charge in [0.25, 0.3) is 0 Å². The molecule has 1 heterocycles. The minimum absolute atomic E-state index is 0.0869. The van der Waals surface area contributed by atoms with E-state index in [1.807, 2.05) is 25.1 Å². The van der Waals surface area contributed by atoms with Gasteiger partial charge in [0.1, 0.15) is 0 Å². The number of aryl methyl sites for hydroxylation is 1. The van der Waals surface area contributed by atoms with E-state index in [0.29, 0.717) is 13.0 Å². The van der Waals surface area contributed by atoms with Crippen LogP contribution < -0.4 is 4.46 Å². The Kier molecular flexibility index (Phi) is 6.37. The van der Waals surface area contributed by atoms with E-state index in [1.54, 1.807) is 31.2 Å². The van der Waals surface area contributed by atoms with Gasteiger partial charge in [-0.25, -0.2) is 0 Å². The molecule has 0 amide bonds. The number of ether oxygens (including phenoxy) is 1. The van der Waals surface area contributed by atoms with Crippen LogP contribution in [-0.2, 0) is 19.6 Å². The summed E-state index contributed by atoms with van der Waals surface area (Å²) >= 11 is 0.0869. The molecule has 1 aliphatic rings. The number of nitrogens with zero attached hydrogens (tertiary/aromatic N) is 1. The molecule has 2 atom stereocenters. The van der Waals surface area contributed by atoms with Crippen LogP contribution in [0.1, 0.15) is 18.9 Å². The van der Waals surface area contributed by atoms with Gasteiger partial charge in [0.15, 0.2) is 0 Å². The number of hydrogen-bond acceptors (Lipinski definition) is 4. The maximum absolute atomic E-state index is 13.2. The van der Waals surface area contributed by atoms with Crippen LogP contribution in [0.25, 0.3) is 0 Å². The standard InChI is InChI=1S/C20H23NO4SSe/c1-3-25-20(22)19-13-18(27-17-7-5-4-6-8-17)14-21(19)26(23,24)16-11-9-15(2)10-12-16/h4-12,18-19H,3,13-14H2,1-2H3. The molecule has 3 rings (SSSR count). The third-order valence-corrected chi connectivity index (χ3v) is 8.90. The van der Waals surface area contributed by atoms with Gasteiger partial charge in [0, 0.05) is 0 Å². The molecule has 144 valence electrons. The first kappa shape index (κ1) is 20.1. The van der Waals surface area contributed by atoms with Crippen LogP contribution in [0.4, 0.5) is 0 Å². The average molecular weight is 452 g/mol. The van der Waals surface area contributed by atoms with E-state index < -0.39 is 22.0 Å². The van der Waals surface area contributed by atoms with Crippen LogP contribution in [-0.4, -0.2) is 52.8 Å². The quantitative estimate of drug-likeness (QED) is 0.498. The number of rotatable bonds is 6. The molecular weight excluding hydrogens is 429 g/mol. The zero-order chi connectivity index (χ0) is 19.4. The molecule has 0 N–H and O–H groups in total. The Labute approximate surface area is 166 Å². The van der Waals surface area contributed by atoms with Crippen molar-refractivity contribution in [3.63, 3.8) is 0 Å². The zero-order valence-electron chi connectivity index (χ0n) is 15.4. The van der Waals surface area contributed by atoms with Gasteiger partial charge in [-0.05, 0) is 0 Å². The Hall–Kier alpha value is -1.66. The van der Waals surface area contributed by atoms with Gasteiger partial charge >= 0.3 is 167 Å². The Morgan fingerprint density at radius 1 is 1.15 bits per heavy atom. The van der Waals surface area contributed by atoms with Gasteiger partial charge in [-0.15, -0.1) is 0 Å². The van der Waals surface area contributed by atoms with Crippen molar-refractivity contribution in [1.29, 1.82) is 0 Å². The second-order valence-electron chi connectivity index (χ2n) is 6.44. The monoisotopic (exact) mass is 453 g/mol. The van der Waals surface area contributed by atoms with E-state index in [2.05, 4.69) is 12.1 Å². The summed E-state index contributed by atoms with van der Waals surface area (Å²) < 4.78 is 34.1. The van der Waals surface area contributed by atoms with Crippen molar-refractivity contribution in [3.05, 3.63) is 60.2 Å². The first-order valence-electron chi connectivity index (χ1n) is 8.88. The summed E-state index contributed by atoms with van der Waals surface area (Å²) in [4.78, 5) is 12.8. The van der Waals surface area contributed by atoms with Crippen molar-refractivity contribution < 1.29 is 17.9 Å². The molecule has 2 aromatic rings. The predicted octanol–water partition coefficient (Wildman–Crippen LogP) is 2.14. The fourth-order valence-corrected chi connectivity index (χ4v) is 7.50. The van der Waals surface area contributed by atoms with Gasteiger partial charge in [0.2, 0.25) is 0 Å². The zero-order valence-corrected chi connectivity index (χ0v) is 17.9.